The fraction of sp³-hybridized carbons (Fsp3) is 0. The number of furan rings is 2. The summed E-state index contributed by atoms with van der Waals surface area (Å²) in [5, 5.41) is 6.97. The van der Waals surface area contributed by atoms with Crippen LogP contribution in [0.5, 0.6) is 0 Å². The smallest absolute Gasteiger partial charge is 0.137 e. The van der Waals surface area contributed by atoms with Gasteiger partial charge < -0.3 is 13.7 Å². The molecule has 2 aromatic heterocycles. The van der Waals surface area contributed by atoms with Gasteiger partial charge in [0.1, 0.15) is 22.3 Å². The summed E-state index contributed by atoms with van der Waals surface area (Å²) in [6, 6.07) is 62.2. The maximum atomic E-state index is 6.36. The Bertz CT molecular complexity index is 2830. The lowest BCUT2D eigenvalue weighted by Gasteiger charge is -2.26. The molecule has 0 N–H and O–H groups in total. The molecule has 10 aromatic rings. The molecule has 3 heteroatoms. The van der Waals surface area contributed by atoms with Gasteiger partial charge >= 0.3 is 0 Å². The van der Waals surface area contributed by atoms with E-state index >= 15 is 0 Å². The summed E-state index contributed by atoms with van der Waals surface area (Å²) >= 11 is 0. The first-order chi connectivity index (χ1) is 24.3. The number of benzene rings is 8. The molecule has 0 aliphatic carbocycles. The molecule has 2 heterocycles. The van der Waals surface area contributed by atoms with E-state index in [2.05, 4.69) is 157 Å². The van der Waals surface area contributed by atoms with Crippen LogP contribution in [0.25, 0.3) is 76.9 Å². The third-order valence-electron chi connectivity index (χ3n) is 9.66. The van der Waals surface area contributed by atoms with Gasteiger partial charge in [0, 0.05) is 44.7 Å². The van der Waals surface area contributed by atoms with Crippen molar-refractivity contribution in [1.29, 1.82) is 0 Å². The molecule has 49 heavy (non-hydrogen) atoms. The van der Waals surface area contributed by atoms with Crippen molar-refractivity contribution in [3.8, 4) is 22.3 Å². The number of para-hydroxylation sites is 2. The molecule has 0 bridgehead atoms. The Kier molecular flexibility index (Phi) is 6.18. The monoisotopic (exact) mass is 627 g/mol. The predicted octanol–water partition coefficient (Wildman–Crippen LogP) is 13.4. The third kappa shape index (κ3) is 4.59. The molecule has 10 rings (SSSR count). The molecule has 0 amide bonds. The number of hydrogen-bond donors (Lipinski definition) is 0. The van der Waals surface area contributed by atoms with Gasteiger partial charge in [-0.3, -0.25) is 0 Å². The van der Waals surface area contributed by atoms with Crippen LogP contribution in [0.4, 0.5) is 17.1 Å². The van der Waals surface area contributed by atoms with Crippen molar-refractivity contribution >= 4 is 71.7 Å². The Morgan fingerprint density at radius 2 is 0.898 bits per heavy atom. The van der Waals surface area contributed by atoms with Gasteiger partial charge in [-0.15, -0.1) is 0 Å². The Hall–Kier alpha value is -6.58. The molecule has 230 valence electrons. The van der Waals surface area contributed by atoms with E-state index in [1.165, 1.54) is 21.9 Å². The van der Waals surface area contributed by atoms with E-state index < -0.39 is 0 Å². The Balaban J connectivity index is 1.11. The minimum absolute atomic E-state index is 0.867. The van der Waals surface area contributed by atoms with Crippen molar-refractivity contribution in [2.45, 2.75) is 0 Å². The molecule has 0 aliphatic rings. The van der Waals surface area contributed by atoms with Gasteiger partial charge in [-0.2, -0.15) is 0 Å². The summed E-state index contributed by atoms with van der Waals surface area (Å²) in [5.74, 6) is 0. The van der Waals surface area contributed by atoms with E-state index in [0.29, 0.717) is 0 Å². The van der Waals surface area contributed by atoms with Crippen molar-refractivity contribution in [3.05, 3.63) is 176 Å². The average molecular weight is 628 g/mol. The number of fused-ring (bicyclic) bond motifs is 7. The summed E-state index contributed by atoms with van der Waals surface area (Å²) < 4.78 is 12.5. The first kappa shape index (κ1) is 27.5. The SMILES string of the molecule is c1cc(-c2cccc3ccccc23)cc(N(c2ccc(-c3ccc4oc5ccccc5c4c3)cc2)c2ccc3c(c2)oc2ccccc23)c1. The molecule has 0 saturated carbocycles. The first-order valence-electron chi connectivity index (χ1n) is 16.6. The quantitative estimate of drug-likeness (QED) is 0.190. The minimum atomic E-state index is 0.867. The van der Waals surface area contributed by atoms with E-state index in [9.17, 15) is 0 Å². The predicted molar refractivity (Wildman–Crippen MR) is 204 cm³/mol. The highest BCUT2D eigenvalue weighted by atomic mass is 16.3. The number of hydrogen-bond acceptors (Lipinski definition) is 3. The summed E-state index contributed by atoms with van der Waals surface area (Å²) in [4.78, 5) is 2.32. The highest BCUT2D eigenvalue weighted by Crippen LogP contribution is 2.41. The van der Waals surface area contributed by atoms with E-state index in [1.54, 1.807) is 0 Å². The van der Waals surface area contributed by atoms with Crippen molar-refractivity contribution < 1.29 is 8.83 Å². The molecular weight excluding hydrogens is 599 g/mol. The minimum Gasteiger partial charge on any atom is -0.456 e. The average Bonchev–Trinajstić information content (AvgIpc) is 3.73. The van der Waals surface area contributed by atoms with Crippen LogP contribution in [0.15, 0.2) is 185 Å². The molecule has 8 aromatic carbocycles. The second-order valence-corrected chi connectivity index (χ2v) is 12.5. The van der Waals surface area contributed by atoms with Gasteiger partial charge in [-0.25, -0.2) is 0 Å². The highest BCUT2D eigenvalue weighted by molar-refractivity contribution is 6.07. The van der Waals surface area contributed by atoms with E-state index in [0.717, 1.165) is 72.1 Å². The largest absolute Gasteiger partial charge is 0.456 e. The molecule has 0 atom stereocenters. The maximum absolute atomic E-state index is 6.36. The van der Waals surface area contributed by atoms with Crippen molar-refractivity contribution in [2.24, 2.45) is 0 Å². The normalized spacial score (nSPS) is 11.7. The Labute approximate surface area is 282 Å². The van der Waals surface area contributed by atoms with Gasteiger partial charge in [0.2, 0.25) is 0 Å². The second kappa shape index (κ2) is 11.0. The highest BCUT2D eigenvalue weighted by Gasteiger charge is 2.17. The standard InChI is InChI=1S/C46H29NO2/c1-2-13-37-31(9-1)10-8-16-38(37)33-11-7-12-35(27-33)47(36-24-25-41-39-14-3-5-17-43(39)49-46(41)29-36)34-22-19-30(20-23-34)32-21-26-45-42(28-32)40-15-4-6-18-44(40)48-45/h1-29H. The number of anilines is 3. The van der Waals surface area contributed by atoms with Crippen LogP contribution in [-0.4, -0.2) is 0 Å². The summed E-state index contributed by atoms with van der Waals surface area (Å²) in [5.41, 5.74) is 11.4. The van der Waals surface area contributed by atoms with Crippen LogP contribution in [-0.2, 0) is 0 Å². The third-order valence-corrected chi connectivity index (χ3v) is 9.66. The summed E-state index contributed by atoms with van der Waals surface area (Å²) in [7, 11) is 0. The number of nitrogens with zero attached hydrogens (tertiary/aromatic N) is 1. The fourth-order valence-electron chi connectivity index (χ4n) is 7.30. The maximum Gasteiger partial charge on any atom is 0.137 e. The molecular formula is C46H29NO2. The fourth-order valence-corrected chi connectivity index (χ4v) is 7.30. The van der Waals surface area contributed by atoms with Crippen molar-refractivity contribution in [1.82, 2.24) is 0 Å². The van der Waals surface area contributed by atoms with Gasteiger partial charge in [-0.05, 0) is 93.7 Å². The van der Waals surface area contributed by atoms with Crippen LogP contribution >= 0.6 is 0 Å². The molecule has 0 fully saturated rings. The van der Waals surface area contributed by atoms with E-state index in [1.807, 2.05) is 24.3 Å². The van der Waals surface area contributed by atoms with Crippen LogP contribution < -0.4 is 4.90 Å². The lowest BCUT2D eigenvalue weighted by Crippen LogP contribution is -2.10. The molecule has 0 spiro atoms. The van der Waals surface area contributed by atoms with Gasteiger partial charge in [0.25, 0.3) is 0 Å². The van der Waals surface area contributed by atoms with E-state index in [4.69, 9.17) is 8.83 Å². The van der Waals surface area contributed by atoms with E-state index in [-0.39, 0.29) is 0 Å². The van der Waals surface area contributed by atoms with Crippen LogP contribution in [0, 0.1) is 0 Å². The molecule has 0 saturated heterocycles. The number of rotatable bonds is 5. The molecule has 0 radical (unpaired) electrons. The van der Waals surface area contributed by atoms with Crippen LogP contribution in [0.1, 0.15) is 0 Å². The van der Waals surface area contributed by atoms with Crippen LogP contribution in [0.2, 0.25) is 0 Å². The zero-order valence-corrected chi connectivity index (χ0v) is 26.5. The van der Waals surface area contributed by atoms with Gasteiger partial charge in [-0.1, -0.05) is 109 Å². The zero-order valence-electron chi connectivity index (χ0n) is 26.5. The van der Waals surface area contributed by atoms with Crippen molar-refractivity contribution in [3.63, 3.8) is 0 Å². The van der Waals surface area contributed by atoms with Gasteiger partial charge in [0.05, 0.1) is 0 Å². The topological polar surface area (TPSA) is 29.5 Å². The lowest BCUT2D eigenvalue weighted by atomic mass is 9.97. The Morgan fingerprint density at radius 3 is 1.73 bits per heavy atom. The molecule has 3 nitrogen and oxygen atoms in total. The molecule has 0 aliphatic heterocycles. The first-order valence-corrected chi connectivity index (χ1v) is 16.6. The van der Waals surface area contributed by atoms with Crippen molar-refractivity contribution in [2.75, 3.05) is 4.90 Å². The summed E-state index contributed by atoms with van der Waals surface area (Å²) in [6.07, 6.45) is 0. The second-order valence-electron chi connectivity index (χ2n) is 12.5. The molecule has 0 unspecified atom stereocenters. The Morgan fingerprint density at radius 1 is 0.306 bits per heavy atom. The van der Waals surface area contributed by atoms with Gasteiger partial charge in [0.15, 0.2) is 0 Å². The zero-order chi connectivity index (χ0) is 32.3. The van der Waals surface area contributed by atoms with Crippen LogP contribution in [0.3, 0.4) is 0 Å². The summed E-state index contributed by atoms with van der Waals surface area (Å²) in [6.45, 7) is 0. The lowest BCUT2D eigenvalue weighted by molar-refractivity contribution is 0.668.